The van der Waals surface area contributed by atoms with Gasteiger partial charge < -0.3 is 10.6 Å². The normalized spacial score (nSPS) is 19.8. The molecule has 6 heteroatoms. The summed E-state index contributed by atoms with van der Waals surface area (Å²) in [4.78, 5) is 4.09. The Morgan fingerprint density at radius 3 is 2.37 bits per heavy atom. The van der Waals surface area contributed by atoms with Crippen LogP contribution in [0.2, 0.25) is 10.0 Å². The van der Waals surface area contributed by atoms with Crippen molar-refractivity contribution < 1.29 is 0 Å². The molecular weight excluding hydrogens is 379 g/mol. The van der Waals surface area contributed by atoms with Crippen molar-refractivity contribution in [2.45, 2.75) is 19.0 Å². The smallest absolute Gasteiger partial charge is 0.141 e. The molecular formula is C21H20Cl2N4. The first-order chi connectivity index (χ1) is 13.1. The number of halogens is 2. The Kier molecular flexibility index (Phi) is 5.08. The number of nitrogens with two attached hydrogens (primary N) is 2. The third-order valence-electron chi connectivity index (χ3n) is 4.87. The van der Waals surface area contributed by atoms with Crippen LogP contribution in [0, 0.1) is 0 Å². The number of anilines is 2. The lowest BCUT2D eigenvalue weighted by molar-refractivity contribution is 0.121. The van der Waals surface area contributed by atoms with Gasteiger partial charge in [0.05, 0.1) is 6.17 Å². The summed E-state index contributed by atoms with van der Waals surface area (Å²) in [5, 5.41) is 1.36. The summed E-state index contributed by atoms with van der Waals surface area (Å²) in [6, 6.07) is 23.4. The Balaban J connectivity index is 1.80. The van der Waals surface area contributed by atoms with Gasteiger partial charge in [-0.2, -0.15) is 0 Å². The maximum atomic E-state index is 6.69. The van der Waals surface area contributed by atoms with Gasteiger partial charge in [0.2, 0.25) is 0 Å². The summed E-state index contributed by atoms with van der Waals surface area (Å²) in [5.74, 6) is 0. The Hall–Kier alpha value is -2.08. The van der Waals surface area contributed by atoms with Crippen molar-refractivity contribution >= 4 is 34.6 Å². The Morgan fingerprint density at radius 1 is 0.852 bits per heavy atom. The van der Waals surface area contributed by atoms with Gasteiger partial charge in [-0.15, -0.1) is 0 Å². The minimum atomic E-state index is -0.468. The Morgan fingerprint density at radius 2 is 1.59 bits per heavy atom. The molecule has 3 aromatic carbocycles. The monoisotopic (exact) mass is 398 g/mol. The molecule has 2 unspecified atom stereocenters. The molecule has 0 radical (unpaired) electrons. The lowest BCUT2D eigenvalue weighted by Gasteiger charge is -2.47. The van der Waals surface area contributed by atoms with Gasteiger partial charge in [0.15, 0.2) is 0 Å². The van der Waals surface area contributed by atoms with Gasteiger partial charge in [-0.3, -0.25) is 5.73 Å². The summed E-state index contributed by atoms with van der Waals surface area (Å²) in [6.45, 7) is 0.535. The first-order valence-corrected chi connectivity index (χ1v) is 9.46. The molecule has 0 amide bonds. The van der Waals surface area contributed by atoms with Crippen LogP contribution in [0.25, 0.3) is 0 Å². The molecule has 1 aliphatic rings. The molecule has 4 N–H and O–H groups in total. The molecule has 1 aliphatic heterocycles. The molecule has 0 aromatic heterocycles. The van der Waals surface area contributed by atoms with E-state index in [-0.39, 0.29) is 6.17 Å². The lowest BCUT2D eigenvalue weighted by Crippen LogP contribution is -2.58. The van der Waals surface area contributed by atoms with Crippen molar-refractivity contribution in [1.82, 2.24) is 4.90 Å². The second-order valence-corrected chi connectivity index (χ2v) is 7.37. The molecule has 0 spiro atoms. The molecule has 27 heavy (non-hydrogen) atoms. The highest BCUT2D eigenvalue weighted by Crippen LogP contribution is 2.40. The molecule has 0 fully saturated rings. The van der Waals surface area contributed by atoms with Crippen LogP contribution in [-0.2, 0) is 6.54 Å². The quantitative estimate of drug-likeness (QED) is 0.661. The number of benzene rings is 3. The van der Waals surface area contributed by atoms with E-state index >= 15 is 0 Å². The van der Waals surface area contributed by atoms with Crippen LogP contribution < -0.4 is 16.4 Å². The largest absolute Gasteiger partial charge is 0.312 e. The minimum Gasteiger partial charge on any atom is -0.312 e. The summed E-state index contributed by atoms with van der Waals surface area (Å²) >= 11 is 12.6. The number of hydrogen-bond donors (Lipinski definition) is 2. The molecule has 1 heterocycles. The average molecular weight is 399 g/mol. The molecule has 2 atom stereocenters. The SMILES string of the molecule is NC1c2ccccc2N(c2cccc(Cl)c2)C(N)N1Cc1ccccc1Cl. The van der Waals surface area contributed by atoms with E-state index < -0.39 is 6.29 Å². The van der Waals surface area contributed by atoms with Crippen LogP contribution in [-0.4, -0.2) is 11.2 Å². The zero-order chi connectivity index (χ0) is 19.0. The summed E-state index contributed by atoms with van der Waals surface area (Å²) < 4.78 is 0. The van der Waals surface area contributed by atoms with E-state index in [4.69, 9.17) is 34.7 Å². The van der Waals surface area contributed by atoms with E-state index in [1.165, 1.54) is 0 Å². The first kappa shape index (κ1) is 18.3. The molecule has 0 aliphatic carbocycles. The molecule has 0 saturated carbocycles. The van der Waals surface area contributed by atoms with Crippen molar-refractivity contribution in [3.8, 4) is 0 Å². The van der Waals surface area contributed by atoms with Crippen LogP contribution in [0.1, 0.15) is 17.3 Å². The van der Waals surface area contributed by atoms with Gasteiger partial charge in [-0.05, 0) is 35.9 Å². The van der Waals surface area contributed by atoms with Crippen LogP contribution in [0.3, 0.4) is 0 Å². The van der Waals surface area contributed by atoms with Crippen LogP contribution in [0.5, 0.6) is 0 Å². The molecule has 4 nitrogen and oxygen atoms in total. The van der Waals surface area contributed by atoms with Crippen molar-refractivity contribution in [3.63, 3.8) is 0 Å². The van der Waals surface area contributed by atoms with E-state index in [0.29, 0.717) is 16.6 Å². The van der Waals surface area contributed by atoms with Crippen molar-refractivity contribution in [2.75, 3.05) is 4.90 Å². The molecule has 4 rings (SSSR count). The van der Waals surface area contributed by atoms with Gasteiger partial charge in [0.25, 0.3) is 0 Å². The highest BCUT2D eigenvalue weighted by molar-refractivity contribution is 6.31. The van der Waals surface area contributed by atoms with E-state index in [2.05, 4.69) is 4.90 Å². The number of rotatable bonds is 3. The summed E-state index contributed by atoms with van der Waals surface area (Å²) in [5.41, 5.74) is 17.2. The second-order valence-electron chi connectivity index (χ2n) is 6.53. The topological polar surface area (TPSA) is 58.5 Å². The highest BCUT2D eigenvalue weighted by atomic mass is 35.5. The second kappa shape index (κ2) is 7.50. The average Bonchev–Trinajstić information content (AvgIpc) is 2.67. The fourth-order valence-corrected chi connectivity index (χ4v) is 3.90. The molecule has 0 saturated heterocycles. The van der Waals surface area contributed by atoms with E-state index in [9.17, 15) is 0 Å². The van der Waals surface area contributed by atoms with Gasteiger partial charge in [-0.1, -0.05) is 65.7 Å². The van der Waals surface area contributed by atoms with Gasteiger partial charge in [0.1, 0.15) is 6.29 Å². The fraction of sp³-hybridized carbons (Fsp3) is 0.143. The van der Waals surface area contributed by atoms with Crippen LogP contribution >= 0.6 is 23.2 Å². The third-order valence-corrected chi connectivity index (χ3v) is 5.48. The maximum Gasteiger partial charge on any atom is 0.141 e. The number of hydrogen-bond acceptors (Lipinski definition) is 4. The molecule has 3 aromatic rings. The highest BCUT2D eigenvalue weighted by Gasteiger charge is 2.36. The van der Waals surface area contributed by atoms with Crippen molar-refractivity contribution in [3.05, 3.63) is 94.0 Å². The number of nitrogens with zero attached hydrogens (tertiary/aromatic N) is 2. The maximum absolute atomic E-state index is 6.69. The Bertz CT molecular complexity index is 962. The fourth-order valence-electron chi connectivity index (χ4n) is 3.52. The van der Waals surface area contributed by atoms with Gasteiger partial charge in [-0.25, -0.2) is 4.90 Å². The summed E-state index contributed by atoms with van der Waals surface area (Å²) in [6.07, 6.45) is -0.812. The van der Waals surface area contributed by atoms with E-state index in [1.807, 2.05) is 77.7 Å². The predicted octanol–water partition coefficient (Wildman–Crippen LogP) is 4.85. The third kappa shape index (κ3) is 3.43. The van der Waals surface area contributed by atoms with Gasteiger partial charge >= 0.3 is 0 Å². The first-order valence-electron chi connectivity index (χ1n) is 8.70. The van der Waals surface area contributed by atoms with Crippen LogP contribution in [0.15, 0.2) is 72.8 Å². The molecule has 138 valence electrons. The standard InChI is InChI=1S/C21H20Cl2N4/c22-15-7-5-8-16(12-15)27-19-11-4-2-9-17(19)20(24)26(21(27)25)13-14-6-1-3-10-18(14)23/h1-12,20-21H,13,24-25H2. The van der Waals surface area contributed by atoms with Crippen molar-refractivity contribution in [1.29, 1.82) is 0 Å². The molecule has 0 bridgehead atoms. The van der Waals surface area contributed by atoms with Crippen LogP contribution in [0.4, 0.5) is 11.4 Å². The number of para-hydroxylation sites is 1. The zero-order valence-corrected chi connectivity index (χ0v) is 16.1. The van der Waals surface area contributed by atoms with Gasteiger partial charge in [0, 0.05) is 33.5 Å². The zero-order valence-electron chi connectivity index (χ0n) is 14.6. The predicted molar refractivity (Wildman–Crippen MR) is 112 cm³/mol. The Labute approximate surface area is 168 Å². The summed E-state index contributed by atoms with van der Waals surface area (Å²) in [7, 11) is 0. The lowest BCUT2D eigenvalue weighted by atomic mass is 10.0. The van der Waals surface area contributed by atoms with E-state index in [1.54, 1.807) is 0 Å². The number of fused-ring (bicyclic) bond motifs is 1. The van der Waals surface area contributed by atoms with E-state index in [0.717, 1.165) is 22.5 Å². The van der Waals surface area contributed by atoms with Crippen molar-refractivity contribution in [2.24, 2.45) is 11.5 Å². The minimum absolute atomic E-state index is 0.345.